The average Bonchev–Trinajstić information content (AvgIpc) is 1.58. The fourth-order valence-corrected chi connectivity index (χ4v) is 1.12. The van der Waals surface area contributed by atoms with Crippen molar-refractivity contribution in [3.63, 3.8) is 0 Å². The molecule has 0 rings (SSSR count). The Balaban J connectivity index is 4.75. The Morgan fingerprint density at radius 2 is 0.818 bits per heavy atom. The molecule has 0 fully saturated rings. The third-order valence-corrected chi connectivity index (χ3v) is 2.48. The molecule has 0 unspecified atom stereocenters. The summed E-state index contributed by atoms with van der Waals surface area (Å²) >= 11 is 0. The quantitative estimate of drug-likeness (QED) is 0.463. The van der Waals surface area contributed by atoms with Crippen LogP contribution in [0.2, 0.25) is 5.21 Å². The van der Waals surface area contributed by atoms with Crippen molar-refractivity contribution in [2.75, 3.05) is 0 Å². The van der Waals surface area contributed by atoms with E-state index in [1.165, 1.54) is 0 Å². The summed E-state index contributed by atoms with van der Waals surface area (Å²) in [6, 6.07) is 0. The molecule has 0 saturated carbocycles. The van der Waals surface area contributed by atoms with Gasteiger partial charge in [0, 0.05) is 0 Å². The molecule has 0 aromatic heterocycles. The predicted molar refractivity (Wildman–Crippen MR) is 53.1 cm³/mol. The van der Waals surface area contributed by atoms with Crippen LogP contribution in [0.15, 0.2) is 0 Å². The molecule has 0 aromatic carbocycles. The van der Waals surface area contributed by atoms with Crippen molar-refractivity contribution < 1.29 is 0 Å². The summed E-state index contributed by atoms with van der Waals surface area (Å²) in [6.45, 7) is 12.4. The van der Waals surface area contributed by atoms with Crippen molar-refractivity contribution in [3.05, 3.63) is 0 Å². The van der Waals surface area contributed by atoms with Crippen LogP contribution in [0.4, 0.5) is 0 Å². The Labute approximate surface area is 74.0 Å². The van der Waals surface area contributed by atoms with Crippen LogP contribution in [0.25, 0.3) is 0 Å². The van der Waals surface area contributed by atoms with E-state index in [9.17, 15) is 0 Å². The average molecular weight is 148 g/mol. The van der Waals surface area contributed by atoms with E-state index in [1.54, 1.807) is 0 Å². The summed E-state index contributed by atoms with van der Waals surface area (Å²) in [7, 11) is 12.1. The largest absolute Gasteiger partial charge is 0.0897 e. The van der Waals surface area contributed by atoms with Crippen molar-refractivity contribution in [3.8, 4) is 0 Å². The third kappa shape index (κ3) is 2.04. The van der Waals surface area contributed by atoms with Crippen LogP contribution in [-0.4, -0.2) is 15.7 Å². The van der Waals surface area contributed by atoms with E-state index in [4.69, 9.17) is 15.7 Å². The van der Waals surface area contributed by atoms with Crippen LogP contribution in [-0.2, 0) is 0 Å². The van der Waals surface area contributed by atoms with Gasteiger partial charge in [-0.2, -0.15) is 0 Å². The molecule has 0 aliphatic rings. The van der Waals surface area contributed by atoms with Crippen molar-refractivity contribution in [2.45, 2.75) is 46.8 Å². The second kappa shape index (κ2) is 2.57. The van der Waals surface area contributed by atoms with Gasteiger partial charge in [0.05, 0.1) is 15.7 Å². The van der Waals surface area contributed by atoms with Gasteiger partial charge in [0.25, 0.3) is 0 Å². The lowest BCUT2D eigenvalue weighted by atomic mass is 9.35. The normalized spacial score (nSPS) is 15.1. The molecule has 11 heavy (non-hydrogen) atoms. The highest BCUT2D eigenvalue weighted by molar-refractivity contribution is 6.40. The standard InChI is InChI=1S/C9H18B2/c1-7(2,3)9(10,11)8(4,5)6/h1-6H3. The van der Waals surface area contributed by atoms with Crippen LogP contribution in [0.1, 0.15) is 41.5 Å². The highest BCUT2D eigenvalue weighted by Crippen LogP contribution is 2.52. The zero-order valence-electron chi connectivity index (χ0n) is 8.65. The molecule has 0 amide bonds. The van der Waals surface area contributed by atoms with Crippen LogP contribution >= 0.6 is 0 Å². The van der Waals surface area contributed by atoms with Gasteiger partial charge in [-0.1, -0.05) is 46.8 Å². The molecule has 0 saturated heterocycles. The summed E-state index contributed by atoms with van der Waals surface area (Å²) in [5, 5.41) is -0.625. The highest BCUT2D eigenvalue weighted by Gasteiger charge is 2.40. The summed E-state index contributed by atoms with van der Waals surface area (Å²) in [6.07, 6.45) is 0. The van der Waals surface area contributed by atoms with Crippen LogP contribution < -0.4 is 0 Å². The summed E-state index contributed by atoms with van der Waals surface area (Å²) < 4.78 is 0. The molecule has 0 atom stereocenters. The Bertz CT molecular complexity index is 119. The number of hydrogen-bond donors (Lipinski definition) is 0. The van der Waals surface area contributed by atoms with Gasteiger partial charge in [0.2, 0.25) is 0 Å². The first-order valence-electron chi connectivity index (χ1n) is 4.08. The fourth-order valence-electron chi connectivity index (χ4n) is 1.12. The highest BCUT2D eigenvalue weighted by atomic mass is 14.4. The lowest BCUT2D eigenvalue weighted by Crippen LogP contribution is -2.40. The maximum Gasteiger partial charge on any atom is 0.0634 e. The van der Waals surface area contributed by atoms with Gasteiger partial charge in [0.1, 0.15) is 0 Å². The summed E-state index contributed by atoms with van der Waals surface area (Å²) in [5.41, 5.74) is -0.128. The third-order valence-electron chi connectivity index (χ3n) is 2.48. The van der Waals surface area contributed by atoms with Crippen molar-refractivity contribution in [1.82, 2.24) is 0 Å². The minimum absolute atomic E-state index is 0.0642. The van der Waals surface area contributed by atoms with E-state index < -0.39 is 5.21 Å². The van der Waals surface area contributed by atoms with Crippen molar-refractivity contribution in [1.29, 1.82) is 0 Å². The molecule has 0 bridgehead atoms. The zero-order valence-corrected chi connectivity index (χ0v) is 8.65. The second-order valence-corrected chi connectivity index (χ2v) is 5.37. The monoisotopic (exact) mass is 148 g/mol. The SMILES string of the molecule is [B]C([B])(C(C)(C)C)C(C)(C)C. The predicted octanol–water partition coefficient (Wildman–Crippen LogP) is 2.53. The first-order valence-corrected chi connectivity index (χ1v) is 4.08. The van der Waals surface area contributed by atoms with Gasteiger partial charge >= 0.3 is 0 Å². The molecule has 0 aliphatic heterocycles. The first-order chi connectivity index (χ1) is 4.50. The van der Waals surface area contributed by atoms with E-state index >= 15 is 0 Å². The molecule has 2 heteroatoms. The Hall–Kier alpha value is 0.130. The Morgan fingerprint density at radius 3 is 0.818 bits per heavy atom. The molecular formula is C9H18B2. The molecular weight excluding hydrogens is 130 g/mol. The van der Waals surface area contributed by atoms with Gasteiger partial charge in [-0.05, 0) is 10.8 Å². The molecule has 0 nitrogen and oxygen atoms in total. The molecule has 0 spiro atoms. The maximum atomic E-state index is 6.05. The fraction of sp³-hybridized carbons (Fsp3) is 1.00. The van der Waals surface area contributed by atoms with Gasteiger partial charge < -0.3 is 0 Å². The summed E-state index contributed by atoms with van der Waals surface area (Å²) in [4.78, 5) is 0. The van der Waals surface area contributed by atoms with Crippen molar-refractivity contribution >= 4 is 15.7 Å². The molecule has 4 radical (unpaired) electrons. The Morgan fingerprint density at radius 1 is 0.636 bits per heavy atom. The van der Waals surface area contributed by atoms with Gasteiger partial charge in [-0.25, -0.2) is 0 Å². The molecule has 0 aromatic rings. The van der Waals surface area contributed by atoms with Gasteiger partial charge in [-0.15, -0.1) is 0 Å². The van der Waals surface area contributed by atoms with Gasteiger partial charge in [-0.3, -0.25) is 0 Å². The minimum atomic E-state index is -0.625. The lowest BCUT2D eigenvalue weighted by Gasteiger charge is -2.50. The first kappa shape index (κ1) is 11.1. The minimum Gasteiger partial charge on any atom is -0.0897 e. The molecule has 0 heterocycles. The van der Waals surface area contributed by atoms with E-state index in [2.05, 4.69) is 41.5 Å². The lowest BCUT2D eigenvalue weighted by molar-refractivity contribution is 0.198. The maximum absolute atomic E-state index is 6.05. The van der Waals surface area contributed by atoms with Crippen LogP contribution in [0.3, 0.4) is 0 Å². The van der Waals surface area contributed by atoms with E-state index in [0.29, 0.717) is 0 Å². The number of rotatable bonds is 0. The molecule has 0 N–H and O–H groups in total. The van der Waals surface area contributed by atoms with Crippen LogP contribution in [0, 0.1) is 10.8 Å². The second-order valence-electron chi connectivity index (χ2n) is 5.37. The van der Waals surface area contributed by atoms with Crippen LogP contribution in [0.5, 0.6) is 0 Å². The smallest absolute Gasteiger partial charge is 0.0634 e. The van der Waals surface area contributed by atoms with Crippen molar-refractivity contribution in [2.24, 2.45) is 10.8 Å². The van der Waals surface area contributed by atoms with E-state index in [-0.39, 0.29) is 10.8 Å². The van der Waals surface area contributed by atoms with Gasteiger partial charge in [0.15, 0.2) is 0 Å². The zero-order chi connectivity index (χ0) is 9.50. The van der Waals surface area contributed by atoms with E-state index in [1.807, 2.05) is 0 Å². The Kier molecular flexibility index (Phi) is 2.60. The topological polar surface area (TPSA) is 0 Å². The summed E-state index contributed by atoms with van der Waals surface area (Å²) in [5.74, 6) is 0. The van der Waals surface area contributed by atoms with E-state index in [0.717, 1.165) is 0 Å². The molecule has 60 valence electrons. The number of hydrogen-bond acceptors (Lipinski definition) is 0. The molecule has 0 aliphatic carbocycles.